The number of halogens is 1. The van der Waals surface area contributed by atoms with Gasteiger partial charge in [-0.25, -0.2) is 0 Å². The van der Waals surface area contributed by atoms with Gasteiger partial charge in [0.2, 0.25) is 5.91 Å². The second kappa shape index (κ2) is 10.8. The van der Waals surface area contributed by atoms with Gasteiger partial charge in [0.05, 0.1) is 19.1 Å². The van der Waals surface area contributed by atoms with E-state index in [0.717, 1.165) is 30.8 Å². The first-order chi connectivity index (χ1) is 12.7. The first-order valence-corrected chi connectivity index (χ1v) is 9.12. The van der Waals surface area contributed by atoms with E-state index < -0.39 is 0 Å². The van der Waals surface area contributed by atoms with E-state index in [4.69, 9.17) is 15.2 Å². The van der Waals surface area contributed by atoms with Crippen molar-refractivity contribution < 1.29 is 14.3 Å². The van der Waals surface area contributed by atoms with Crippen molar-refractivity contribution in [2.45, 2.75) is 25.4 Å². The van der Waals surface area contributed by atoms with E-state index in [1.165, 1.54) is 0 Å². The molecule has 1 unspecified atom stereocenters. The van der Waals surface area contributed by atoms with Crippen molar-refractivity contribution in [2.75, 3.05) is 32.0 Å². The maximum Gasteiger partial charge on any atom is 0.227 e. The molecule has 27 heavy (non-hydrogen) atoms. The third-order valence-corrected chi connectivity index (χ3v) is 4.51. The lowest BCUT2D eigenvalue weighted by molar-refractivity contribution is -0.132. The predicted octanol–water partition coefficient (Wildman–Crippen LogP) is 3.32. The summed E-state index contributed by atoms with van der Waals surface area (Å²) < 4.78 is 11.5. The lowest BCUT2D eigenvalue weighted by Gasteiger charge is -2.25. The zero-order valence-corrected chi connectivity index (χ0v) is 16.2. The molecule has 1 aliphatic heterocycles. The second-order valence-corrected chi connectivity index (χ2v) is 6.55. The minimum absolute atomic E-state index is 0. The Morgan fingerprint density at radius 2 is 1.89 bits per heavy atom. The fourth-order valence-electron chi connectivity index (χ4n) is 3.06. The largest absolute Gasteiger partial charge is 0.492 e. The lowest BCUT2D eigenvalue weighted by atomic mass is 10.1. The molecule has 2 aromatic rings. The number of nitrogens with two attached hydrogens (primary N) is 1. The van der Waals surface area contributed by atoms with Crippen LogP contribution in [0.4, 0.5) is 5.69 Å². The highest BCUT2D eigenvalue weighted by molar-refractivity contribution is 5.85. The molecule has 146 valence electrons. The van der Waals surface area contributed by atoms with E-state index >= 15 is 0 Å². The summed E-state index contributed by atoms with van der Waals surface area (Å²) in [6.45, 7) is 2.41. The average molecular weight is 391 g/mol. The summed E-state index contributed by atoms with van der Waals surface area (Å²) in [6.07, 6.45) is 2.55. The molecule has 1 heterocycles. The highest BCUT2D eigenvalue weighted by Gasteiger charge is 2.22. The number of carbonyl (C=O) groups is 1. The fourth-order valence-corrected chi connectivity index (χ4v) is 3.06. The van der Waals surface area contributed by atoms with Crippen molar-refractivity contribution in [3.63, 3.8) is 0 Å². The van der Waals surface area contributed by atoms with Gasteiger partial charge in [-0.05, 0) is 42.7 Å². The molecule has 0 spiro atoms. The second-order valence-electron chi connectivity index (χ2n) is 6.55. The van der Waals surface area contributed by atoms with Gasteiger partial charge in [-0.15, -0.1) is 12.4 Å². The summed E-state index contributed by atoms with van der Waals surface area (Å²) in [4.78, 5) is 14.7. The molecule has 0 aromatic heterocycles. The molecule has 1 aliphatic rings. The summed E-state index contributed by atoms with van der Waals surface area (Å²) in [5.41, 5.74) is 7.38. The normalized spacial score (nSPS) is 15.8. The molecular formula is C21H27ClN2O3. The fraction of sp³-hybridized carbons (Fsp3) is 0.381. The van der Waals surface area contributed by atoms with Crippen LogP contribution in [0.3, 0.4) is 0 Å². The summed E-state index contributed by atoms with van der Waals surface area (Å²) >= 11 is 0. The minimum Gasteiger partial charge on any atom is -0.492 e. The molecule has 0 radical (unpaired) electrons. The monoisotopic (exact) mass is 390 g/mol. The Bertz CT molecular complexity index is 688. The topological polar surface area (TPSA) is 64.8 Å². The standard InChI is InChI=1S/C21H26N2O3.ClH/c22-18-10-8-17(9-11-18)15-21(24)23(16-20-7-4-13-25-20)12-14-26-19-5-2-1-3-6-19;/h1-3,5-6,8-11,20H,4,7,12-16,22H2;1H. The van der Waals surface area contributed by atoms with Crippen LogP contribution in [0, 0.1) is 0 Å². The number of rotatable bonds is 8. The Hall–Kier alpha value is -2.24. The SMILES string of the molecule is Cl.Nc1ccc(CC(=O)N(CCOc2ccccc2)CC2CCCO2)cc1. The number of nitrogen functional groups attached to an aromatic ring is 1. The van der Waals surface area contributed by atoms with Crippen LogP contribution in [0.25, 0.3) is 0 Å². The third kappa shape index (κ3) is 6.77. The van der Waals surface area contributed by atoms with Gasteiger partial charge in [0.1, 0.15) is 12.4 Å². The van der Waals surface area contributed by atoms with Gasteiger partial charge in [-0.2, -0.15) is 0 Å². The van der Waals surface area contributed by atoms with Crippen molar-refractivity contribution in [3.05, 3.63) is 60.2 Å². The summed E-state index contributed by atoms with van der Waals surface area (Å²) in [7, 11) is 0. The lowest BCUT2D eigenvalue weighted by Crippen LogP contribution is -2.40. The number of hydrogen-bond donors (Lipinski definition) is 1. The first-order valence-electron chi connectivity index (χ1n) is 9.12. The number of anilines is 1. The smallest absolute Gasteiger partial charge is 0.227 e. The van der Waals surface area contributed by atoms with Crippen LogP contribution >= 0.6 is 12.4 Å². The molecule has 0 saturated carbocycles. The zero-order chi connectivity index (χ0) is 18.2. The van der Waals surface area contributed by atoms with Crippen LogP contribution in [0.2, 0.25) is 0 Å². The van der Waals surface area contributed by atoms with Gasteiger partial charge in [-0.3, -0.25) is 4.79 Å². The van der Waals surface area contributed by atoms with E-state index in [1.54, 1.807) is 0 Å². The first kappa shape index (κ1) is 21.1. The van der Waals surface area contributed by atoms with Crippen LogP contribution < -0.4 is 10.5 Å². The number of nitrogens with zero attached hydrogens (tertiary/aromatic N) is 1. The summed E-state index contributed by atoms with van der Waals surface area (Å²) in [5, 5.41) is 0. The quantitative estimate of drug-likeness (QED) is 0.702. The van der Waals surface area contributed by atoms with E-state index in [0.29, 0.717) is 31.8 Å². The molecule has 1 fully saturated rings. The molecule has 5 nitrogen and oxygen atoms in total. The molecule has 6 heteroatoms. The van der Waals surface area contributed by atoms with Crippen molar-refractivity contribution in [3.8, 4) is 5.75 Å². The van der Waals surface area contributed by atoms with Gasteiger partial charge in [0.15, 0.2) is 0 Å². The van der Waals surface area contributed by atoms with Crippen molar-refractivity contribution in [1.82, 2.24) is 4.90 Å². The number of carbonyl (C=O) groups excluding carboxylic acids is 1. The molecule has 1 amide bonds. The van der Waals surface area contributed by atoms with Crippen LogP contribution in [0.5, 0.6) is 5.75 Å². The Morgan fingerprint density at radius 3 is 2.56 bits per heavy atom. The maximum absolute atomic E-state index is 12.8. The van der Waals surface area contributed by atoms with Crippen molar-refractivity contribution >= 4 is 24.0 Å². The summed E-state index contributed by atoms with van der Waals surface area (Å²) in [6, 6.07) is 17.1. The van der Waals surface area contributed by atoms with Crippen LogP contribution in [0.15, 0.2) is 54.6 Å². The van der Waals surface area contributed by atoms with Gasteiger partial charge in [-0.1, -0.05) is 30.3 Å². The molecule has 2 N–H and O–H groups in total. The van der Waals surface area contributed by atoms with Gasteiger partial charge >= 0.3 is 0 Å². The number of hydrogen-bond acceptors (Lipinski definition) is 4. The van der Waals surface area contributed by atoms with E-state index in [1.807, 2.05) is 59.5 Å². The molecule has 1 saturated heterocycles. The Labute approximate surface area is 166 Å². The van der Waals surface area contributed by atoms with E-state index in [-0.39, 0.29) is 24.4 Å². The Balaban J connectivity index is 0.00000261. The molecular weight excluding hydrogens is 364 g/mol. The van der Waals surface area contributed by atoms with Crippen LogP contribution in [-0.4, -0.2) is 43.2 Å². The number of amides is 1. The number of ether oxygens (including phenoxy) is 2. The van der Waals surface area contributed by atoms with Crippen LogP contribution in [0.1, 0.15) is 18.4 Å². The average Bonchev–Trinajstić information content (AvgIpc) is 3.17. The van der Waals surface area contributed by atoms with Gasteiger partial charge in [0.25, 0.3) is 0 Å². The molecule has 0 aliphatic carbocycles. The van der Waals surface area contributed by atoms with Crippen molar-refractivity contribution in [2.24, 2.45) is 0 Å². The summed E-state index contributed by atoms with van der Waals surface area (Å²) in [5.74, 6) is 0.900. The Morgan fingerprint density at radius 1 is 1.15 bits per heavy atom. The maximum atomic E-state index is 12.8. The number of benzene rings is 2. The Kier molecular flexibility index (Phi) is 8.43. The van der Waals surface area contributed by atoms with Crippen LogP contribution in [-0.2, 0) is 16.0 Å². The van der Waals surface area contributed by atoms with E-state index in [9.17, 15) is 4.79 Å². The third-order valence-electron chi connectivity index (χ3n) is 4.51. The van der Waals surface area contributed by atoms with E-state index in [2.05, 4.69) is 0 Å². The van der Waals surface area contributed by atoms with Gasteiger partial charge in [0, 0.05) is 18.8 Å². The van der Waals surface area contributed by atoms with Gasteiger partial charge < -0.3 is 20.1 Å². The highest BCUT2D eigenvalue weighted by atomic mass is 35.5. The molecule has 3 rings (SSSR count). The molecule has 0 bridgehead atoms. The zero-order valence-electron chi connectivity index (χ0n) is 15.4. The predicted molar refractivity (Wildman–Crippen MR) is 109 cm³/mol. The highest BCUT2D eigenvalue weighted by Crippen LogP contribution is 2.15. The van der Waals surface area contributed by atoms with Crippen molar-refractivity contribution in [1.29, 1.82) is 0 Å². The molecule has 2 aromatic carbocycles. The number of para-hydroxylation sites is 1. The molecule has 1 atom stereocenters. The minimum atomic E-state index is 0.